The first-order valence-corrected chi connectivity index (χ1v) is 7.37. The molecule has 1 aromatic carbocycles. The molecule has 2 atom stereocenters. The summed E-state index contributed by atoms with van der Waals surface area (Å²) in [5.74, 6) is -0.151. The Hall–Kier alpha value is -1.13. The summed E-state index contributed by atoms with van der Waals surface area (Å²) >= 11 is 3.43. The molecule has 0 saturated heterocycles. The quantitative estimate of drug-likeness (QED) is 0.840. The highest BCUT2D eigenvalue weighted by Gasteiger charge is 2.23. The van der Waals surface area contributed by atoms with E-state index in [1.807, 2.05) is 24.3 Å². The molecule has 1 aliphatic carbocycles. The van der Waals surface area contributed by atoms with Gasteiger partial charge in [-0.15, -0.1) is 0 Å². The van der Waals surface area contributed by atoms with Gasteiger partial charge in [-0.3, -0.25) is 4.79 Å². The van der Waals surface area contributed by atoms with E-state index in [1.54, 1.807) is 6.08 Å². The van der Waals surface area contributed by atoms with Crippen LogP contribution in [0.25, 0.3) is 6.08 Å². The number of aliphatic hydroxyl groups excluding tert-OH is 1. The van der Waals surface area contributed by atoms with Gasteiger partial charge in [0.15, 0.2) is 0 Å². The van der Waals surface area contributed by atoms with Gasteiger partial charge in [-0.05, 0) is 30.5 Å². The summed E-state index contributed by atoms with van der Waals surface area (Å²) in [6.45, 7) is 0. The lowest BCUT2D eigenvalue weighted by Crippen LogP contribution is -2.44. The Morgan fingerprint density at radius 2 is 2.05 bits per heavy atom. The van der Waals surface area contributed by atoms with Gasteiger partial charge in [0.25, 0.3) is 0 Å². The Morgan fingerprint density at radius 3 is 2.79 bits per heavy atom. The fourth-order valence-electron chi connectivity index (χ4n) is 2.29. The van der Waals surface area contributed by atoms with E-state index in [0.29, 0.717) is 0 Å². The molecule has 1 amide bonds. The highest BCUT2D eigenvalue weighted by Crippen LogP contribution is 2.19. The summed E-state index contributed by atoms with van der Waals surface area (Å²) in [6.07, 6.45) is 6.62. The van der Waals surface area contributed by atoms with Gasteiger partial charge in [0.1, 0.15) is 0 Å². The van der Waals surface area contributed by atoms with Crippen LogP contribution in [0.5, 0.6) is 0 Å². The number of rotatable bonds is 3. The second-order valence-electron chi connectivity index (χ2n) is 4.82. The number of carbonyl (C=O) groups is 1. The minimum Gasteiger partial charge on any atom is -0.391 e. The lowest BCUT2D eigenvalue weighted by atomic mass is 9.92. The Kier molecular flexibility index (Phi) is 5.16. The first-order chi connectivity index (χ1) is 9.16. The maximum atomic E-state index is 11.8. The van der Waals surface area contributed by atoms with Crippen LogP contribution in [0.2, 0.25) is 0 Å². The van der Waals surface area contributed by atoms with Crippen molar-refractivity contribution in [1.29, 1.82) is 0 Å². The van der Waals surface area contributed by atoms with E-state index in [1.165, 1.54) is 6.08 Å². The van der Waals surface area contributed by atoms with Gasteiger partial charge < -0.3 is 10.4 Å². The topological polar surface area (TPSA) is 49.3 Å². The van der Waals surface area contributed by atoms with Crippen LogP contribution in [0.3, 0.4) is 0 Å². The molecule has 0 bridgehead atoms. The van der Waals surface area contributed by atoms with Crippen molar-refractivity contribution in [1.82, 2.24) is 5.32 Å². The minimum absolute atomic E-state index is 0.106. The Labute approximate surface area is 121 Å². The minimum atomic E-state index is -0.408. The number of amides is 1. The zero-order valence-electron chi connectivity index (χ0n) is 10.7. The molecular weight excluding hydrogens is 306 g/mol. The second kappa shape index (κ2) is 6.87. The number of aliphatic hydroxyl groups is 1. The largest absolute Gasteiger partial charge is 0.391 e. The smallest absolute Gasteiger partial charge is 0.244 e. The standard InChI is InChI=1S/C15H18BrNO2/c16-12-6-2-1-5-11(12)9-10-15(19)17-13-7-3-4-8-14(13)18/h1-2,5-6,9-10,13-14,18H,3-4,7-8H2,(H,17,19)/b10-9+/t13-,14-/m1/s1. The maximum Gasteiger partial charge on any atom is 0.244 e. The number of halogens is 1. The summed E-state index contributed by atoms with van der Waals surface area (Å²) in [5, 5.41) is 12.7. The van der Waals surface area contributed by atoms with Crippen molar-refractivity contribution in [3.63, 3.8) is 0 Å². The van der Waals surface area contributed by atoms with Crippen LogP contribution >= 0.6 is 15.9 Å². The fourth-order valence-corrected chi connectivity index (χ4v) is 2.70. The number of hydrogen-bond donors (Lipinski definition) is 2. The summed E-state index contributed by atoms with van der Waals surface area (Å²) < 4.78 is 0.955. The van der Waals surface area contributed by atoms with Crippen molar-refractivity contribution >= 4 is 27.9 Å². The normalized spacial score (nSPS) is 23.5. The van der Waals surface area contributed by atoms with Crippen LogP contribution < -0.4 is 5.32 Å². The lowest BCUT2D eigenvalue weighted by Gasteiger charge is -2.27. The van der Waals surface area contributed by atoms with Crippen LogP contribution in [0.15, 0.2) is 34.8 Å². The number of hydrogen-bond acceptors (Lipinski definition) is 2. The molecule has 102 valence electrons. The average molecular weight is 324 g/mol. The van der Waals surface area contributed by atoms with Crippen molar-refractivity contribution in [2.24, 2.45) is 0 Å². The van der Waals surface area contributed by atoms with Crippen LogP contribution in [-0.4, -0.2) is 23.2 Å². The number of benzene rings is 1. The molecule has 1 aromatic rings. The molecule has 0 aromatic heterocycles. The summed E-state index contributed by atoms with van der Waals surface area (Å²) in [4.78, 5) is 11.8. The van der Waals surface area contributed by atoms with Crippen molar-refractivity contribution < 1.29 is 9.90 Å². The Balaban J connectivity index is 1.92. The fraction of sp³-hybridized carbons (Fsp3) is 0.400. The van der Waals surface area contributed by atoms with E-state index < -0.39 is 6.10 Å². The molecule has 0 unspecified atom stereocenters. The Bertz CT molecular complexity index is 473. The average Bonchev–Trinajstić information content (AvgIpc) is 2.40. The first-order valence-electron chi connectivity index (χ1n) is 6.58. The monoisotopic (exact) mass is 323 g/mol. The van der Waals surface area contributed by atoms with Gasteiger partial charge in [0.05, 0.1) is 12.1 Å². The second-order valence-corrected chi connectivity index (χ2v) is 5.68. The van der Waals surface area contributed by atoms with Gasteiger partial charge in [0, 0.05) is 10.5 Å². The maximum absolute atomic E-state index is 11.8. The number of carbonyl (C=O) groups excluding carboxylic acids is 1. The molecule has 3 nitrogen and oxygen atoms in total. The third kappa shape index (κ3) is 4.18. The van der Waals surface area contributed by atoms with Crippen LogP contribution in [0.4, 0.5) is 0 Å². The first kappa shape index (κ1) is 14.3. The summed E-state index contributed by atoms with van der Waals surface area (Å²) in [7, 11) is 0. The van der Waals surface area contributed by atoms with Crippen molar-refractivity contribution in [3.8, 4) is 0 Å². The highest BCUT2D eigenvalue weighted by molar-refractivity contribution is 9.10. The lowest BCUT2D eigenvalue weighted by molar-refractivity contribution is -0.118. The predicted molar refractivity (Wildman–Crippen MR) is 79.6 cm³/mol. The van der Waals surface area contributed by atoms with Gasteiger partial charge in [-0.2, -0.15) is 0 Å². The zero-order valence-corrected chi connectivity index (χ0v) is 12.3. The molecule has 1 aliphatic rings. The number of nitrogens with one attached hydrogen (secondary N) is 1. The van der Waals surface area contributed by atoms with E-state index in [4.69, 9.17) is 0 Å². The predicted octanol–water partition coefficient (Wildman–Crippen LogP) is 2.88. The molecule has 2 N–H and O–H groups in total. The van der Waals surface area contributed by atoms with Crippen molar-refractivity contribution in [2.45, 2.75) is 37.8 Å². The molecule has 2 rings (SSSR count). The van der Waals surface area contributed by atoms with E-state index in [-0.39, 0.29) is 11.9 Å². The molecule has 0 radical (unpaired) electrons. The molecular formula is C15H18BrNO2. The van der Waals surface area contributed by atoms with E-state index in [9.17, 15) is 9.90 Å². The van der Waals surface area contributed by atoms with E-state index >= 15 is 0 Å². The third-order valence-electron chi connectivity index (χ3n) is 3.38. The van der Waals surface area contributed by atoms with Gasteiger partial charge >= 0.3 is 0 Å². The molecule has 19 heavy (non-hydrogen) atoms. The van der Waals surface area contributed by atoms with E-state index in [0.717, 1.165) is 35.7 Å². The SMILES string of the molecule is O=C(/C=C/c1ccccc1Br)N[C@@H]1CCCC[C@H]1O. The molecule has 4 heteroatoms. The summed E-state index contributed by atoms with van der Waals surface area (Å²) in [5.41, 5.74) is 0.960. The van der Waals surface area contributed by atoms with Crippen molar-refractivity contribution in [3.05, 3.63) is 40.4 Å². The molecule has 1 fully saturated rings. The molecule has 0 aliphatic heterocycles. The van der Waals surface area contributed by atoms with Crippen molar-refractivity contribution in [2.75, 3.05) is 0 Å². The van der Waals surface area contributed by atoms with Crippen LogP contribution in [0.1, 0.15) is 31.2 Å². The Morgan fingerprint density at radius 1 is 1.32 bits per heavy atom. The summed E-state index contributed by atoms with van der Waals surface area (Å²) in [6, 6.07) is 7.61. The molecule has 1 saturated carbocycles. The van der Waals surface area contributed by atoms with Gasteiger partial charge in [0.2, 0.25) is 5.91 Å². The van der Waals surface area contributed by atoms with Crippen LogP contribution in [-0.2, 0) is 4.79 Å². The van der Waals surface area contributed by atoms with E-state index in [2.05, 4.69) is 21.2 Å². The highest BCUT2D eigenvalue weighted by atomic mass is 79.9. The van der Waals surface area contributed by atoms with Gasteiger partial charge in [-0.25, -0.2) is 0 Å². The third-order valence-corrected chi connectivity index (χ3v) is 4.10. The molecule has 0 spiro atoms. The zero-order chi connectivity index (χ0) is 13.7. The van der Waals surface area contributed by atoms with Gasteiger partial charge in [-0.1, -0.05) is 47.0 Å². The van der Waals surface area contributed by atoms with Crippen LogP contribution in [0, 0.1) is 0 Å². The molecule has 0 heterocycles.